The van der Waals surface area contributed by atoms with Crippen LogP contribution in [-0.4, -0.2) is 87.5 Å². The number of rotatable bonds is 16. The predicted molar refractivity (Wildman–Crippen MR) is 182 cm³/mol. The fraction of sp³-hybridized carbons (Fsp3) is 0.618. The molecule has 4 rings (SSSR count). The van der Waals surface area contributed by atoms with Gasteiger partial charge in [0, 0.05) is 41.1 Å². The van der Waals surface area contributed by atoms with E-state index in [2.05, 4.69) is 47.8 Å². The van der Waals surface area contributed by atoms with Gasteiger partial charge in [0.15, 0.2) is 0 Å². The average Bonchev–Trinajstić information content (AvgIpc) is 3.60. The van der Waals surface area contributed by atoms with Crippen LogP contribution in [0, 0.1) is 17.8 Å². The highest BCUT2D eigenvalue weighted by Crippen LogP contribution is 2.68. The maximum absolute atomic E-state index is 14.9. The number of ether oxygens (including phenoxy) is 1. The van der Waals surface area contributed by atoms with Crippen LogP contribution in [0.3, 0.4) is 0 Å². The van der Waals surface area contributed by atoms with E-state index in [0.29, 0.717) is 12.1 Å². The number of alkyl halides is 1. The van der Waals surface area contributed by atoms with E-state index >= 15 is 0 Å². The number of aliphatic hydroxyl groups is 1. The van der Waals surface area contributed by atoms with Crippen molar-refractivity contribution in [2.24, 2.45) is 17.8 Å². The number of benzene rings is 1. The topological polar surface area (TPSA) is 90.4 Å². The predicted octanol–water partition coefficient (Wildman–Crippen LogP) is 5.43. The number of unbranched alkanes of at least 4 members (excludes halogenated alkanes) is 2. The number of carbonyl (C=O) groups is 3. The summed E-state index contributed by atoms with van der Waals surface area (Å²) in [5, 5.41) is 10.4. The van der Waals surface area contributed by atoms with E-state index < -0.39 is 28.7 Å². The fourth-order valence-corrected chi connectivity index (χ4v) is 10.9. The number of esters is 1. The van der Waals surface area contributed by atoms with Gasteiger partial charge >= 0.3 is 5.97 Å². The molecule has 3 aliphatic rings. The van der Waals surface area contributed by atoms with Gasteiger partial charge in [-0.1, -0.05) is 41.9 Å². The van der Waals surface area contributed by atoms with E-state index in [9.17, 15) is 19.5 Å². The third-order valence-electron chi connectivity index (χ3n) is 9.46. The van der Waals surface area contributed by atoms with Gasteiger partial charge in [-0.25, -0.2) is 0 Å². The van der Waals surface area contributed by atoms with Crippen molar-refractivity contribution < 1.29 is 24.2 Å². The Morgan fingerprint density at radius 1 is 1.16 bits per heavy atom. The lowest BCUT2D eigenvalue weighted by molar-refractivity contribution is -0.154. The van der Waals surface area contributed by atoms with E-state index in [4.69, 9.17) is 4.74 Å². The molecule has 3 heterocycles. The van der Waals surface area contributed by atoms with Gasteiger partial charge in [-0.15, -0.1) is 24.9 Å². The maximum atomic E-state index is 14.9. The van der Waals surface area contributed by atoms with Crippen molar-refractivity contribution in [3.8, 4) is 0 Å². The van der Waals surface area contributed by atoms with E-state index in [-0.39, 0.29) is 53.5 Å². The molecule has 2 amide bonds. The minimum absolute atomic E-state index is 0.0575. The first-order chi connectivity index (χ1) is 21.1. The molecule has 242 valence electrons. The largest absolute Gasteiger partial charge is 0.465 e. The number of halogens is 1. The smallest absolute Gasteiger partial charge is 0.310 e. The quantitative estimate of drug-likeness (QED) is 0.107. The maximum Gasteiger partial charge on any atom is 0.310 e. The summed E-state index contributed by atoms with van der Waals surface area (Å²) in [6, 6.07) is 6.48. The van der Waals surface area contributed by atoms with Gasteiger partial charge in [-0.05, 0) is 69.7 Å². The Bertz CT molecular complexity index is 1210. The van der Waals surface area contributed by atoms with Crippen molar-refractivity contribution in [2.45, 2.75) is 80.3 Å². The van der Waals surface area contributed by atoms with Crippen LogP contribution in [0.2, 0.25) is 0 Å². The van der Waals surface area contributed by atoms with Crippen molar-refractivity contribution in [1.29, 1.82) is 0 Å². The zero-order chi connectivity index (χ0) is 32.2. The molecule has 7 atom stereocenters. The number of fused-ring (bicyclic) bond motifs is 1. The zero-order valence-corrected chi connectivity index (χ0v) is 28.9. The number of hydrogen-bond acceptors (Lipinski definition) is 7. The Hall–Kier alpha value is -2.30. The summed E-state index contributed by atoms with van der Waals surface area (Å²) in [5.41, 5.74) is 1.78. The molecule has 0 radical (unpaired) electrons. The fourth-order valence-electron chi connectivity index (χ4n) is 7.28. The number of allylic oxidation sites excluding steroid dienone is 1. The van der Waals surface area contributed by atoms with Crippen LogP contribution in [0.15, 0.2) is 49.6 Å². The summed E-state index contributed by atoms with van der Waals surface area (Å²) in [4.78, 5) is 48.5. The molecule has 3 aliphatic heterocycles. The molecule has 2 bridgehead atoms. The van der Waals surface area contributed by atoms with Gasteiger partial charge in [-0.3, -0.25) is 14.4 Å². The van der Waals surface area contributed by atoms with Crippen molar-refractivity contribution in [3.05, 3.63) is 49.6 Å². The van der Waals surface area contributed by atoms with Crippen molar-refractivity contribution in [1.82, 2.24) is 4.90 Å². The third-order valence-corrected chi connectivity index (χ3v) is 12.7. The lowest BCUT2D eigenvalue weighted by atomic mass is 9.71. The highest BCUT2D eigenvalue weighted by molar-refractivity contribution is 9.09. The number of nitrogens with zero attached hydrogens (tertiary/aromatic N) is 3. The molecule has 1 spiro atoms. The molecule has 1 aromatic carbocycles. The molecular weight excluding hydrogens is 642 g/mol. The lowest BCUT2D eigenvalue weighted by Gasteiger charge is -2.41. The van der Waals surface area contributed by atoms with Crippen LogP contribution < -0.4 is 9.80 Å². The second-order valence-electron chi connectivity index (χ2n) is 12.3. The Morgan fingerprint density at radius 3 is 2.39 bits per heavy atom. The first kappa shape index (κ1) is 34.6. The molecule has 0 aliphatic carbocycles. The number of aliphatic hydroxyl groups excluding tert-OH is 1. The third kappa shape index (κ3) is 6.23. The lowest BCUT2D eigenvalue weighted by Crippen LogP contribution is -2.59. The standard InChI is InChI=1S/C34H48BrN3O5S/c1-7-11-12-13-19-43-33(42)27-28-31(40)38(26(21-39)22(5)6)30(34(28)20-25(35)29(27)44-34)32(41)37(18-8-2)24-16-14-23(15-17-24)36(9-3)10-4/h7-8,14-17,22,25-30,39H,1-2,9-13,18-21H2,3-6H3/t25?,26-,27+,28-,29+,30?,34?/m0/s1. The van der Waals surface area contributed by atoms with Crippen molar-refractivity contribution in [2.75, 3.05) is 42.6 Å². The van der Waals surface area contributed by atoms with Gasteiger partial charge in [0.25, 0.3) is 5.91 Å². The summed E-state index contributed by atoms with van der Waals surface area (Å²) < 4.78 is 4.93. The normalized spacial score (nSPS) is 27.8. The number of anilines is 2. The zero-order valence-electron chi connectivity index (χ0n) is 26.5. The minimum atomic E-state index is -0.859. The first-order valence-corrected chi connectivity index (χ1v) is 17.7. The first-order valence-electron chi connectivity index (χ1n) is 15.9. The highest BCUT2D eigenvalue weighted by atomic mass is 79.9. The van der Waals surface area contributed by atoms with E-state index in [0.717, 1.165) is 38.0 Å². The summed E-state index contributed by atoms with van der Waals surface area (Å²) in [6.07, 6.45) is 6.55. The molecular formula is C34H48BrN3O5S. The molecule has 3 saturated heterocycles. The summed E-state index contributed by atoms with van der Waals surface area (Å²) in [6.45, 7) is 17.8. The Kier molecular flexibility index (Phi) is 11.7. The number of likely N-dealkylation sites (tertiary alicyclic amines) is 1. The molecule has 3 unspecified atom stereocenters. The second-order valence-corrected chi connectivity index (χ2v) is 15.0. The summed E-state index contributed by atoms with van der Waals surface area (Å²) in [5.74, 6) is -2.31. The number of hydrogen-bond donors (Lipinski definition) is 1. The monoisotopic (exact) mass is 689 g/mol. The van der Waals surface area contributed by atoms with Crippen LogP contribution in [0.1, 0.15) is 53.4 Å². The van der Waals surface area contributed by atoms with Crippen LogP contribution in [0.25, 0.3) is 0 Å². The molecule has 3 fully saturated rings. The Morgan fingerprint density at radius 2 is 1.82 bits per heavy atom. The van der Waals surface area contributed by atoms with Gasteiger partial charge in [-0.2, -0.15) is 0 Å². The van der Waals surface area contributed by atoms with Gasteiger partial charge in [0.2, 0.25) is 5.91 Å². The minimum Gasteiger partial charge on any atom is -0.465 e. The Balaban J connectivity index is 1.74. The van der Waals surface area contributed by atoms with E-state index in [1.165, 1.54) is 0 Å². The summed E-state index contributed by atoms with van der Waals surface area (Å²) >= 11 is 5.40. The van der Waals surface area contributed by atoms with Gasteiger partial charge in [0.1, 0.15) is 6.04 Å². The van der Waals surface area contributed by atoms with Crippen LogP contribution >= 0.6 is 27.7 Å². The van der Waals surface area contributed by atoms with E-state index in [1.54, 1.807) is 27.6 Å². The SMILES string of the molecule is C=CCCCCOC(=O)[C@H]1[C@@H]2SC3(CC2Br)C(C(=O)N(CC=C)c2ccc(N(CC)CC)cc2)N([C@@H](CO)C(C)C)C(=O)[C@H]13. The average molecular weight is 691 g/mol. The van der Waals surface area contributed by atoms with Crippen molar-refractivity contribution in [3.63, 3.8) is 0 Å². The van der Waals surface area contributed by atoms with Crippen LogP contribution in [-0.2, 0) is 19.1 Å². The number of thioether (sulfide) groups is 1. The van der Waals surface area contributed by atoms with E-state index in [1.807, 2.05) is 44.2 Å². The molecule has 10 heteroatoms. The molecule has 1 aromatic rings. The Labute approximate surface area is 275 Å². The van der Waals surface area contributed by atoms with Crippen LogP contribution in [0.5, 0.6) is 0 Å². The van der Waals surface area contributed by atoms with Crippen molar-refractivity contribution >= 4 is 56.9 Å². The molecule has 44 heavy (non-hydrogen) atoms. The molecule has 1 N–H and O–H groups in total. The highest BCUT2D eigenvalue weighted by Gasteiger charge is 2.76. The van der Waals surface area contributed by atoms with Gasteiger partial charge < -0.3 is 24.5 Å². The van der Waals surface area contributed by atoms with Gasteiger partial charge in [0.05, 0.1) is 35.8 Å². The number of amides is 2. The number of carbonyl (C=O) groups excluding carboxylic acids is 3. The molecule has 0 saturated carbocycles. The molecule has 8 nitrogen and oxygen atoms in total. The molecule has 0 aromatic heterocycles. The van der Waals surface area contributed by atoms with Crippen LogP contribution in [0.4, 0.5) is 11.4 Å². The second kappa shape index (κ2) is 14.9. The summed E-state index contributed by atoms with van der Waals surface area (Å²) in [7, 11) is 0.